The highest BCUT2D eigenvalue weighted by Gasteiger charge is 2.17. The molecule has 0 saturated heterocycles. The van der Waals surface area contributed by atoms with Crippen LogP contribution in [0.5, 0.6) is 0 Å². The lowest BCUT2D eigenvalue weighted by molar-refractivity contribution is -0.142. The fourth-order valence-electron chi connectivity index (χ4n) is 1.36. The summed E-state index contributed by atoms with van der Waals surface area (Å²) in [4.78, 5) is 25.0. The van der Waals surface area contributed by atoms with Crippen LogP contribution in [0.15, 0.2) is 35.2 Å². The van der Waals surface area contributed by atoms with Crippen molar-refractivity contribution >= 4 is 23.6 Å². The van der Waals surface area contributed by atoms with Gasteiger partial charge in [0.2, 0.25) is 5.91 Å². The summed E-state index contributed by atoms with van der Waals surface area (Å²) in [7, 11) is 1.63. The molecule has 18 heavy (non-hydrogen) atoms. The molecule has 1 amide bonds. The molecule has 4 nitrogen and oxygen atoms in total. The van der Waals surface area contributed by atoms with Crippen molar-refractivity contribution in [1.29, 1.82) is 0 Å². The standard InChI is InChI=1S/C13H17NO3S/c1-10(13(16)17)8-14(2)12(15)9-18-11-6-4-3-5-7-11/h3-7,10H,8-9H2,1-2H3,(H,16,17). The van der Waals surface area contributed by atoms with Crippen molar-refractivity contribution in [1.82, 2.24) is 4.90 Å². The van der Waals surface area contributed by atoms with Gasteiger partial charge in [-0.2, -0.15) is 0 Å². The molecule has 1 aromatic rings. The molecule has 1 aromatic carbocycles. The van der Waals surface area contributed by atoms with Crippen molar-refractivity contribution in [2.75, 3.05) is 19.3 Å². The van der Waals surface area contributed by atoms with Gasteiger partial charge < -0.3 is 10.0 Å². The number of benzene rings is 1. The van der Waals surface area contributed by atoms with E-state index in [0.717, 1.165) is 4.90 Å². The van der Waals surface area contributed by atoms with E-state index in [1.54, 1.807) is 14.0 Å². The largest absolute Gasteiger partial charge is 0.481 e. The van der Waals surface area contributed by atoms with Gasteiger partial charge >= 0.3 is 5.97 Å². The molecule has 0 spiro atoms. The third kappa shape index (κ3) is 4.79. The Balaban J connectivity index is 2.39. The van der Waals surface area contributed by atoms with Crippen molar-refractivity contribution < 1.29 is 14.7 Å². The number of aliphatic carboxylic acids is 1. The van der Waals surface area contributed by atoms with Gasteiger partial charge in [0.25, 0.3) is 0 Å². The zero-order valence-corrected chi connectivity index (χ0v) is 11.3. The normalized spacial score (nSPS) is 11.9. The maximum Gasteiger partial charge on any atom is 0.308 e. The van der Waals surface area contributed by atoms with Crippen LogP contribution in [0.4, 0.5) is 0 Å². The van der Waals surface area contributed by atoms with E-state index in [4.69, 9.17) is 5.11 Å². The highest BCUT2D eigenvalue weighted by atomic mass is 32.2. The third-order valence-corrected chi connectivity index (χ3v) is 3.50. The van der Waals surface area contributed by atoms with Gasteiger partial charge in [0.1, 0.15) is 0 Å². The van der Waals surface area contributed by atoms with E-state index in [2.05, 4.69) is 0 Å². The molecule has 0 radical (unpaired) electrons. The van der Waals surface area contributed by atoms with Crippen LogP contribution in [0.1, 0.15) is 6.92 Å². The predicted molar refractivity (Wildman–Crippen MR) is 71.6 cm³/mol. The first-order valence-electron chi connectivity index (χ1n) is 5.65. The molecule has 0 aliphatic heterocycles. The van der Waals surface area contributed by atoms with E-state index >= 15 is 0 Å². The van der Waals surface area contributed by atoms with E-state index in [1.807, 2.05) is 30.3 Å². The van der Waals surface area contributed by atoms with E-state index in [9.17, 15) is 9.59 Å². The van der Waals surface area contributed by atoms with Gasteiger partial charge in [-0.3, -0.25) is 9.59 Å². The van der Waals surface area contributed by atoms with Crippen molar-refractivity contribution in [2.24, 2.45) is 5.92 Å². The molecule has 5 heteroatoms. The number of amides is 1. The Morgan fingerprint density at radius 1 is 1.33 bits per heavy atom. The summed E-state index contributed by atoms with van der Waals surface area (Å²) in [6, 6.07) is 9.65. The van der Waals surface area contributed by atoms with Crippen molar-refractivity contribution in [3.63, 3.8) is 0 Å². The number of hydrogen-bond acceptors (Lipinski definition) is 3. The van der Waals surface area contributed by atoms with Gasteiger partial charge in [-0.25, -0.2) is 0 Å². The zero-order chi connectivity index (χ0) is 13.5. The Labute approximate surface area is 111 Å². The first-order chi connectivity index (χ1) is 8.50. The predicted octanol–water partition coefficient (Wildman–Crippen LogP) is 1.96. The van der Waals surface area contributed by atoms with Crippen molar-refractivity contribution in [3.8, 4) is 0 Å². The summed E-state index contributed by atoms with van der Waals surface area (Å²) < 4.78 is 0. The van der Waals surface area contributed by atoms with Crippen molar-refractivity contribution in [3.05, 3.63) is 30.3 Å². The summed E-state index contributed by atoms with van der Waals surface area (Å²) in [5.74, 6) is -1.16. The maximum atomic E-state index is 11.8. The highest BCUT2D eigenvalue weighted by molar-refractivity contribution is 8.00. The lowest BCUT2D eigenvalue weighted by Crippen LogP contribution is -2.34. The molecule has 0 bridgehead atoms. The summed E-state index contributed by atoms with van der Waals surface area (Å²) in [6.45, 7) is 1.83. The fourth-order valence-corrected chi connectivity index (χ4v) is 2.22. The lowest BCUT2D eigenvalue weighted by atomic mass is 10.2. The van der Waals surface area contributed by atoms with Crippen LogP contribution < -0.4 is 0 Å². The van der Waals surface area contributed by atoms with Gasteiger partial charge in [-0.1, -0.05) is 25.1 Å². The van der Waals surface area contributed by atoms with E-state index < -0.39 is 11.9 Å². The second-order valence-corrected chi connectivity index (χ2v) is 5.16. The number of carbonyl (C=O) groups excluding carboxylic acids is 1. The Hall–Kier alpha value is -1.49. The van der Waals surface area contributed by atoms with Crippen LogP contribution in [0.3, 0.4) is 0 Å². The Bertz CT molecular complexity index is 408. The first-order valence-corrected chi connectivity index (χ1v) is 6.64. The summed E-state index contributed by atoms with van der Waals surface area (Å²) in [6.07, 6.45) is 0. The number of carboxylic acids is 1. The summed E-state index contributed by atoms with van der Waals surface area (Å²) in [5, 5.41) is 8.78. The fraction of sp³-hybridized carbons (Fsp3) is 0.385. The molecule has 1 unspecified atom stereocenters. The number of hydrogen-bond donors (Lipinski definition) is 1. The number of rotatable bonds is 6. The minimum atomic E-state index is -0.884. The number of carbonyl (C=O) groups is 2. The second-order valence-electron chi connectivity index (χ2n) is 4.12. The molecule has 1 N–H and O–H groups in total. The van der Waals surface area contributed by atoms with Crippen LogP contribution >= 0.6 is 11.8 Å². The molecule has 0 heterocycles. The first kappa shape index (κ1) is 14.6. The van der Waals surface area contributed by atoms with E-state index in [1.165, 1.54) is 16.7 Å². The molecule has 0 fully saturated rings. The van der Waals surface area contributed by atoms with E-state index in [-0.39, 0.29) is 12.5 Å². The minimum absolute atomic E-state index is 0.0584. The topological polar surface area (TPSA) is 57.6 Å². The van der Waals surface area contributed by atoms with Crippen LogP contribution in [0.25, 0.3) is 0 Å². The third-order valence-electron chi connectivity index (χ3n) is 2.50. The SMILES string of the molecule is CC(CN(C)C(=O)CSc1ccccc1)C(=O)O. The molecule has 0 aliphatic carbocycles. The maximum absolute atomic E-state index is 11.8. The molecule has 0 aliphatic rings. The van der Waals surface area contributed by atoms with Gasteiger partial charge in [0.05, 0.1) is 11.7 Å². The summed E-state index contributed by atoms with van der Waals surface area (Å²) in [5.41, 5.74) is 0. The average Bonchev–Trinajstić information content (AvgIpc) is 2.36. The molecule has 0 saturated carbocycles. The number of thioether (sulfide) groups is 1. The number of carboxylic acid groups (broad SMARTS) is 1. The Morgan fingerprint density at radius 2 is 1.94 bits per heavy atom. The number of nitrogens with zero attached hydrogens (tertiary/aromatic N) is 1. The molecule has 98 valence electrons. The van der Waals surface area contributed by atoms with Crippen molar-refractivity contribution in [2.45, 2.75) is 11.8 Å². The smallest absolute Gasteiger partial charge is 0.308 e. The average molecular weight is 267 g/mol. The van der Waals surface area contributed by atoms with Gasteiger partial charge in [0, 0.05) is 18.5 Å². The molecular formula is C13H17NO3S. The lowest BCUT2D eigenvalue weighted by Gasteiger charge is -2.19. The Kier molecular flexibility index (Phi) is 5.71. The zero-order valence-electron chi connectivity index (χ0n) is 10.5. The second kappa shape index (κ2) is 7.06. The minimum Gasteiger partial charge on any atom is -0.481 e. The molecule has 1 atom stereocenters. The van der Waals surface area contributed by atoms with Gasteiger partial charge in [0.15, 0.2) is 0 Å². The monoisotopic (exact) mass is 267 g/mol. The van der Waals surface area contributed by atoms with Crippen LogP contribution in [-0.4, -0.2) is 41.2 Å². The summed E-state index contributed by atoms with van der Waals surface area (Å²) >= 11 is 1.45. The quantitative estimate of drug-likeness (QED) is 0.800. The van der Waals surface area contributed by atoms with Gasteiger partial charge in [-0.15, -0.1) is 11.8 Å². The van der Waals surface area contributed by atoms with E-state index in [0.29, 0.717) is 5.75 Å². The molecule has 1 rings (SSSR count). The molecule has 0 aromatic heterocycles. The van der Waals surface area contributed by atoms with Gasteiger partial charge in [-0.05, 0) is 12.1 Å². The van der Waals surface area contributed by atoms with Crippen LogP contribution in [0.2, 0.25) is 0 Å². The van der Waals surface area contributed by atoms with Crippen LogP contribution in [0, 0.1) is 5.92 Å². The Morgan fingerprint density at radius 3 is 2.50 bits per heavy atom. The van der Waals surface area contributed by atoms with Crippen LogP contribution in [-0.2, 0) is 9.59 Å². The highest BCUT2D eigenvalue weighted by Crippen LogP contribution is 2.17. The molecular weight excluding hydrogens is 250 g/mol.